The summed E-state index contributed by atoms with van der Waals surface area (Å²) in [6.07, 6.45) is 3.13. The van der Waals surface area contributed by atoms with Gasteiger partial charge in [-0.1, -0.05) is 17.3 Å². The molecule has 4 aromatic rings. The van der Waals surface area contributed by atoms with Gasteiger partial charge in [-0.05, 0) is 42.8 Å². The van der Waals surface area contributed by atoms with Crippen LogP contribution in [0.3, 0.4) is 0 Å². The lowest BCUT2D eigenvalue weighted by molar-refractivity contribution is 0.432. The van der Waals surface area contributed by atoms with Crippen molar-refractivity contribution in [2.24, 2.45) is 0 Å². The number of benzene rings is 2. The number of nitrogens with zero attached hydrogens (tertiary/aromatic N) is 2. The monoisotopic (exact) mass is 395 g/mol. The number of hydrogen-bond acceptors (Lipinski definition) is 6. The molecule has 0 spiro atoms. The second kappa shape index (κ2) is 6.97. The minimum Gasteiger partial charge on any atom is -0.441 e. The number of anilines is 1. The fourth-order valence-corrected chi connectivity index (χ4v) is 4.15. The molecular weight excluding hydrogens is 378 g/mol. The lowest BCUT2D eigenvalue weighted by Crippen LogP contribution is -2.14. The minimum absolute atomic E-state index is 0.179. The van der Waals surface area contributed by atoms with Crippen molar-refractivity contribution in [2.75, 3.05) is 4.72 Å². The Labute approximate surface area is 162 Å². The second-order valence-electron chi connectivity index (χ2n) is 6.28. The largest absolute Gasteiger partial charge is 0.441 e. The zero-order chi connectivity index (χ0) is 19.7. The van der Waals surface area contributed by atoms with E-state index in [2.05, 4.69) is 14.9 Å². The number of sulfonamides is 1. The van der Waals surface area contributed by atoms with Crippen LogP contribution in [0.5, 0.6) is 0 Å². The first-order valence-corrected chi connectivity index (χ1v) is 9.98. The predicted octanol–water partition coefficient (Wildman–Crippen LogP) is 4.41. The third-order valence-electron chi connectivity index (χ3n) is 4.24. The highest BCUT2D eigenvalue weighted by molar-refractivity contribution is 7.92. The van der Waals surface area contributed by atoms with E-state index in [0.717, 1.165) is 5.56 Å². The number of rotatable bonds is 5. The maximum absolute atomic E-state index is 12.9. The van der Waals surface area contributed by atoms with Crippen LogP contribution in [0.1, 0.15) is 11.5 Å². The highest BCUT2D eigenvalue weighted by atomic mass is 32.2. The molecule has 0 radical (unpaired) electrons. The molecular formula is C20H17N3O4S. The average molecular weight is 395 g/mol. The highest BCUT2D eigenvalue weighted by Crippen LogP contribution is 2.28. The zero-order valence-corrected chi connectivity index (χ0v) is 16.0. The van der Waals surface area contributed by atoms with E-state index in [4.69, 9.17) is 8.94 Å². The molecule has 4 rings (SSSR count). The van der Waals surface area contributed by atoms with Gasteiger partial charge >= 0.3 is 0 Å². The van der Waals surface area contributed by atoms with Crippen molar-refractivity contribution in [3.8, 4) is 22.6 Å². The third kappa shape index (κ3) is 3.54. The zero-order valence-electron chi connectivity index (χ0n) is 15.2. The van der Waals surface area contributed by atoms with E-state index in [1.165, 1.54) is 0 Å². The Balaban J connectivity index is 1.63. The minimum atomic E-state index is -3.78. The Kier molecular flexibility index (Phi) is 4.48. The quantitative estimate of drug-likeness (QED) is 0.537. The van der Waals surface area contributed by atoms with Crippen molar-refractivity contribution in [3.05, 3.63) is 72.4 Å². The lowest BCUT2D eigenvalue weighted by Gasteiger charge is -2.12. The topological polar surface area (TPSA) is 98.2 Å². The summed E-state index contributed by atoms with van der Waals surface area (Å²) in [5, 5.41) is 3.67. The van der Waals surface area contributed by atoms with Crippen LogP contribution >= 0.6 is 0 Å². The van der Waals surface area contributed by atoms with Gasteiger partial charge in [0.25, 0.3) is 10.0 Å². The summed E-state index contributed by atoms with van der Waals surface area (Å²) in [5.41, 5.74) is 2.53. The summed E-state index contributed by atoms with van der Waals surface area (Å²) in [4.78, 5) is 4.24. The van der Waals surface area contributed by atoms with Crippen molar-refractivity contribution >= 4 is 15.7 Å². The summed E-state index contributed by atoms with van der Waals surface area (Å²) in [6, 6.07) is 13.7. The summed E-state index contributed by atoms with van der Waals surface area (Å²) in [5.74, 6) is 1.65. The fraction of sp³-hybridized carbons (Fsp3) is 0.100. The maximum atomic E-state index is 12.9. The smallest absolute Gasteiger partial charge is 0.262 e. The normalized spacial score (nSPS) is 11.5. The summed E-state index contributed by atoms with van der Waals surface area (Å²) in [6.45, 7) is 3.48. The number of oxazole rings is 1. The van der Waals surface area contributed by atoms with Gasteiger partial charge in [0.1, 0.15) is 0 Å². The number of hydrogen-bond donors (Lipinski definition) is 1. The van der Waals surface area contributed by atoms with Crippen molar-refractivity contribution in [3.63, 3.8) is 0 Å². The molecule has 0 aliphatic heterocycles. The Hall–Kier alpha value is -3.39. The molecule has 0 bridgehead atoms. The Morgan fingerprint density at radius 3 is 2.32 bits per heavy atom. The van der Waals surface area contributed by atoms with E-state index >= 15 is 0 Å². The van der Waals surface area contributed by atoms with Crippen molar-refractivity contribution in [1.82, 2.24) is 10.1 Å². The molecule has 2 heterocycles. The van der Waals surface area contributed by atoms with Gasteiger partial charge in [0.15, 0.2) is 17.4 Å². The predicted molar refractivity (Wildman–Crippen MR) is 104 cm³/mol. The van der Waals surface area contributed by atoms with E-state index in [1.807, 2.05) is 0 Å². The molecule has 0 unspecified atom stereocenters. The molecule has 8 heteroatoms. The van der Waals surface area contributed by atoms with Crippen LogP contribution in [-0.4, -0.2) is 18.6 Å². The van der Waals surface area contributed by atoms with Crippen molar-refractivity contribution in [1.29, 1.82) is 0 Å². The summed E-state index contributed by atoms with van der Waals surface area (Å²) in [7, 11) is -3.78. The van der Waals surface area contributed by atoms with Gasteiger partial charge in [-0.3, -0.25) is 4.72 Å². The number of aryl methyl sites for hydroxylation is 2. The van der Waals surface area contributed by atoms with Gasteiger partial charge in [0, 0.05) is 29.8 Å². The number of nitrogens with one attached hydrogen (secondary N) is 1. The summed E-state index contributed by atoms with van der Waals surface area (Å²) < 4.78 is 39.1. The molecule has 2 aromatic carbocycles. The van der Waals surface area contributed by atoms with Crippen LogP contribution < -0.4 is 4.72 Å². The SMILES string of the molecule is Cc1ncc(-c2ccc(C)c(S(=O)(=O)Nc3ccc(-c4ccno4)cc3)c2)o1. The average Bonchev–Trinajstić information content (AvgIpc) is 3.34. The van der Waals surface area contributed by atoms with Crippen LogP contribution in [0, 0.1) is 13.8 Å². The van der Waals surface area contributed by atoms with Crippen LogP contribution in [0.25, 0.3) is 22.6 Å². The van der Waals surface area contributed by atoms with Crippen LogP contribution in [0.15, 0.2) is 74.8 Å². The molecule has 28 heavy (non-hydrogen) atoms. The van der Waals surface area contributed by atoms with Crippen LogP contribution in [-0.2, 0) is 10.0 Å². The Morgan fingerprint density at radius 1 is 0.929 bits per heavy atom. The van der Waals surface area contributed by atoms with E-state index in [9.17, 15) is 8.42 Å². The van der Waals surface area contributed by atoms with Gasteiger partial charge in [-0.2, -0.15) is 0 Å². The van der Waals surface area contributed by atoms with Gasteiger partial charge < -0.3 is 8.94 Å². The third-order valence-corrected chi connectivity index (χ3v) is 5.77. The van der Waals surface area contributed by atoms with E-state index < -0.39 is 10.0 Å². The Bertz CT molecular complexity index is 1210. The molecule has 0 aliphatic rings. The second-order valence-corrected chi connectivity index (χ2v) is 7.93. The molecule has 0 fully saturated rings. The molecule has 7 nitrogen and oxygen atoms in total. The van der Waals surface area contributed by atoms with Crippen LogP contribution in [0.4, 0.5) is 5.69 Å². The number of aromatic nitrogens is 2. The van der Waals surface area contributed by atoms with Crippen molar-refractivity contribution in [2.45, 2.75) is 18.7 Å². The highest BCUT2D eigenvalue weighted by Gasteiger charge is 2.19. The van der Waals surface area contributed by atoms with Crippen molar-refractivity contribution < 1.29 is 17.4 Å². The maximum Gasteiger partial charge on any atom is 0.262 e. The first kappa shape index (κ1) is 18.0. The lowest BCUT2D eigenvalue weighted by atomic mass is 10.1. The van der Waals surface area contributed by atoms with Crippen LogP contribution in [0.2, 0.25) is 0 Å². The Morgan fingerprint density at radius 2 is 1.68 bits per heavy atom. The molecule has 142 valence electrons. The molecule has 0 amide bonds. The van der Waals surface area contributed by atoms with Gasteiger partial charge in [0.05, 0.1) is 17.3 Å². The van der Waals surface area contributed by atoms with E-state index in [1.54, 1.807) is 74.8 Å². The van der Waals surface area contributed by atoms with Gasteiger partial charge in [-0.15, -0.1) is 0 Å². The van der Waals surface area contributed by atoms with E-state index in [0.29, 0.717) is 34.2 Å². The molecule has 0 atom stereocenters. The van der Waals surface area contributed by atoms with Gasteiger partial charge in [-0.25, -0.2) is 13.4 Å². The first-order valence-electron chi connectivity index (χ1n) is 8.50. The fourth-order valence-electron chi connectivity index (χ4n) is 2.82. The summed E-state index contributed by atoms with van der Waals surface area (Å²) >= 11 is 0. The molecule has 2 aromatic heterocycles. The van der Waals surface area contributed by atoms with Gasteiger partial charge in [0.2, 0.25) is 0 Å². The molecule has 1 N–H and O–H groups in total. The standard InChI is InChI=1S/C20H17N3O4S/c1-13-3-4-16(19-12-21-14(2)26-19)11-20(13)28(24,25)23-17-7-5-15(6-8-17)18-9-10-22-27-18/h3-12,23H,1-2H3. The molecule has 0 aliphatic carbocycles. The molecule has 0 saturated heterocycles. The molecule has 0 saturated carbocycles. The van der Waals surface area contributed by atoms with E-state index in [-0.39, 0.29) is 4.90 Å². The first-order chi connectivity index (χ1) is 13.4.